The molecule has 2 fully saturated rings. The Kier molecular flexibility index (Phi) is 5.26. The number of amides is 1. The van der Waals surface area contributed by atoms with Gasteiger partial charge in [-0.15, -0.1) is 0 Å². The number of hydrogen-bond donors (Lipinski definition) is 2. The summed E-state index contributed by atoms with van der Waals surface area (Å²) in [5.41, 5.74) is 6.02. The van der Waals surface area contributed by atoms with Gasteiger partial charge in [0, 0.05) is 18.5 Å². The zero-order chi connectivity index (χ0) is 13.8. The highest BCUT2D eigenvalue weighted by Crippen LogP contribution is 2.30. The molecule has 5 atom stereocenters. The van der Waals surface area contributed by atoms with Crippen molar-refractivity contribution >= 4 is 5.91 Å². The molecule has 0 spiro atoms. The average Bonchev–Trinajstić information content (AvgIpc) is 2.39. The lowest BCUT2D eigenvalue weighted by atomic mass is 9.78. The van der Waals surface area contributed by atoms with Crippen LogP contribution in [0.15, 0.2) is 0 Å². The van der Waals surface area contributed by atoms with Crippen molar-refractivity contribution in [2.45, 2.75) is 64.8 Å². The molecular weight excluding hydrogens is 236 g/mol. The summed E-state index contributed by atoms with van der Waals surface area (Å²) < 4.78 is 0. The van der Waals surface area contributed by atoms with Crippen LogP contribution in [0.4, 0.5) is 0 Å². The smallest absolute Gasteiger partial charge is 0.223 e. The van der Waals surface area contributed by atoms with E-state index in [1.165, 1.54) is 25.7 Å². The summed E-state index contributed by atoms with van der Waals surface area (Å²) in [7, 11) is 0. The topological polar surface area (TPSA) is 55.1 Å². The fourth-order valence-corrected chi connectivity index (χ4v) is 3.79. The highest BCUT2D eigenvalue weighted by Gasteiger charge is 2.29. The van der Waals surface area contributed by atoms with Crippen molar-refractivity contribution in [2.75, 3.05) is 6.54 Å². The third kappa shape index (κ3) is 4.20. The van der Waals surface area contributed by atoms with E-state index < -0.39 is 0 Å². The molecule has 1 amide bonds. The van der Waals surface area contributed by atoms with Gasteiger partial charge in [-0.05, 0) is 49.9 Å². The van der Waals surface area contributed by atoms with Crippen LogP contribution in [0.5, 0.6) is 0 Å². The molecule has 0 aliphatic heterocycles. The first-order chi connectivity index (χ1) is 9.06. The Bertz CT molecular complexity index is 305. The van der Waals surface area contributed by atoms with Crippen LogP contribution in [0.3, 0.4) is 0 Å². The lowest BCUT2D eigenvalue weighted by Gasteiger charge is -2.32. The summed E-state index contributed by atoms with van der Waals surface area (Å²) in [6.07, 6.45) is 8.20. The molecule has 19 heavy (non-hydrogen) atoms. The van der Waals surface area contributed by atoms with Crippen LogP contribution in [0.25, 0.3) is 0 Å². The molecule has 2 aliphatic carbocycles. The molecule has 2 saturated carbocycles. The Labute approximate surface area is 117 Å². The molecular formula is C16H30N2O. The number of carbonyl (C=O) groups excluding carboxylic acids is 1. The minimum Gasteiger partial charge on any atom is -0.356 e. The lowest BCUT2D eigenvalue weighted by molar-refractivity contribution is -0.126. The molecule has 110 valence electrons. The number of nitrogens with two attached hydrogens (primary N) is 1. The van der Waals surface area contributed by atoms with Crippen LogP contribution >= 0.6 is 0 Å². The second-order valence-corrected chi connectivity index (χ2v) is 7.03. The Balaban J connectivity index is 1.72. The fraction of sp³-hybridized carbons (Fsp3) is 0.938. The van der Waals surface area contributed by atoms with E-state index in [9.17, 15) is 4.79 Å². The van der Waals surface area contributed by atoms with E-state index in [-0.39, 0.29) is 11.8 Å². The zero-order valence-corrected chi connectivity index (χ0v) is 12.5. The summed E-state index contributed by atoms with van der Waals surface area (Å²) in [5, 5.41) is 3.20. The molecule has 0 saturated heterocycles. The summed E-state index contributed by atoms with van der Waals surface area (Å²) in [6, 6.07) is 0.295. The quantitative estimate of drug-likeness (QED) is 0.825. The van der Waals surface area contributed by atoms with Crippen LogP contribution in [0.2, 0.25) is 0 Å². The number of hydrogen-bond acceptors (Lipinski definition) is 2. The number of nitrogens with one attached hydrogen (secondary N) is 1. The molecule has 2 rings (SSSR count). The van der Waals surface area contributed by atoms with Crippen LogP contribution in [0.1, 0.15) is 58.8 Å². The fourth-order valence-electron chi connectivity index (χ4n) is 3.79. The maximum atomic E-state index is 12.2. The minimum absolute atomic E-state index is 0.204. The van der Waals surface area contributed by atoms with Gasteiger partial charge in [0.2, 0.25) is 5.91 Å². The van der Waals surface area contributed by atoms with E-state index in [0.717, 1.165) is 31.7 Å². The molecule has 3 nitrogen and oxygen atoms in total. The van der Waals surface area contributed by atoms with Gasteiger partial charge in [-0.2, -0.15) is 0 Å². The molecule has 2 aliphatic rings. The van der Waals surface area contributed by atoms with E-state index in [4.69, 9.17) is 5.73 Å². The number of rotatable bonds is 3. The van der Waals surface area contributed by atoms with Gasteiger partial charge < -0.3 is 11.1 Å². The summed E-state index contributed by atoms with van der Waals surface area (Å²) >= 11 is 0. The van der Waals surface area contributed by atoms with Crippen LogP contribution < -0.4 is 11.1 Å². The van der Waals surface area contributed by atoms with E-state index >= 15 is 0 Å². The molecule has 0 bridgehead atoms. The third-order valence-electron chi connectivity index (χ3n) is 5.22. The molecule has 3 heteroatoms. The SMILES string of the molecule is CC1CCCC(CNC(=O)C2CCC(N)C(C)C2)C1. The van der Waals surface area contributed by atoms with Crippen molar-refractivity contribution in [1.29, 1.82) is 0 Å². The predicted octanol–water partition coefficient (Wildman–Crippen LogP) is 2.69. The molecule has 0 radical (unpaired) electrons. The van der Waals surface area contributed by atoms with E-state index in [1.54, 1.807) is 0 Å². The van der Waals surface area contributed by atoms with Gasteiger partial charge in [-0.1, -0.05) is 26.7 Å². The maximum absolute atomic E-state index is 12.2. The van der Waals surface area contributed by atoms with Crippen LogP contribution in [-0.4, -0.2) is 18.5 Å². The van der Waals surface area contributed by atoms with Gasteiger partial charge in [-0.3, -0.25) is 4.79 Å². The Morgan fingerprint density at radius 1 is 1.16 bits per heavy atom. The molecule has 0 aromatic rings. The van der Waals surface area contributed by atoms with Crippen LogP contribution in [-0.2, 0) is 4.79 Å². The van der Waals surface area contributed by atoms with Crippen molar-refractivity contribution in [3.63, 3.8) is 0 Å². The minimum atomic E-state index is 0.204. The molecule has 0 aromatic carbocycles. The van der Waals surface area contributed by atoms with Gasteiger partial charge >= 0.3 is 0 Å². The summed E-state index contributed by atoms with van der Waals surface area (Å²) in [6.45, 7) is 5.39. The Morgan fingerprint density at radius 3 is 2.63 bits per heavy atom. The largest absolute Gasteiger partial charge is 0.356 e. The van der Waals surface area contributed by atoms with Gasteiger partial charge in [0.15, 0.2) is 0 Å². The first-order valence-electron chi connectivity index (χ1n) is 8.09. The Morgan fingerprint density at radius 2 is 1.95 bits per heavy atom. The van der Waals surface area contributed by atoms with Gasteiger partial charge in [0.05, 0.1) is 0 Å². The average molecular weight is 266 g/mol. The van der Waals surface area contributed by atoms with Gasteiger partial charge in [-0.25, -0.2) is 0 Å². The van der Waals surface area contributed by atoms with Crippen molar-refractivity contribution in [2.24, 2.45) is 29.4 Å². The van der Waals surface area contributed by atoms with E-state index in [0.29, 0.717) is 17.9 Å². The second kappa shape index (κ2) is 6.74. The zero-order valence-electron chi connectivity index (χ0n) is 12.5. The highest BCUT2D eigenvalue weighted by molar-refractivity contribution is 5.78. The van der Waals surface area contributed by atoms with E-state index in [1.807, 2.05) is 0 Å². The normalized spacial score (nSPS) is 39.8. The highest BCUT2D eigenvalue weighted by atomic mass is 16.1. The lowest BCUT2D eigenvalue weighted by Crippen LogP contribution is -2.42. The van der Waals surface area contributed by atoms with Gasteiger partial charge in [0.25, 0.3) is 0 Å². The van der Waals surface area contributed by atoms with Crippen molar-refractivity contribution < 1.29 is 4.79 Å². The second-order valence-electron chi connectivity index (χ2n) is 7.03. The van der Waals surface area contributed by atoms with Crippen LogP contribution in [0, 0.1) is 23.7 Å². The monoisotopic (exact) mass is 266 g/mol. The van der Waals surface area contributed by atoms with Crippen molar-refractivity contribution in [1.82, 2.24) is 5.32 Å². The maximum Gasteiger partial charge on any atom is 0.223 e. The standard InChI is InChI=1S/C16H30N2O/c1-11-4-3-5-13(8-11)10-18-16(19)14-6-7-15(17)12(2)9-14/h11-15H,3-10,17H2,1-2H3,(H,18,19). The number of carbonyl (C=O) groups is 1. The molecule has 0 aromatic heterocycles. The first-order valence-corrected chi connectivity index (χ1v) is 8.09. The molecule has 5 unspecified atom stereocenters. The van der Waals surface area contributed by atoms with Crippen molar-refractivity contribution in [3.8, 4) is 0 Å². The summed E-state index contributed by atoms with van der Waals surface area (Å²) in [5.74, 6) is 2.51. The first kappa shape index (κ1) is 14.8. The molecule has 3 N–H and O–H groups in total. The third-order valence-corrected chi connectivity index (χ3v) is 5.22. The molecule has 0 heterocycles. The Hall–Kier alpha value is -0.570. The van der Waals surface area contributed by atoms with Gasteiger partial charge in [0.1, 0.15) is 0 Å². The summed E-state index contributed by atoms with van der Waals surface area (Å²) in [4.78, 5) is 12.2. The van der Waals surface area contributed by atoms with E-state index in [2.05, 4.69) is 19.2 Å². The van der Waals surface area contributed by atoms with Crippen molar-refractivity contribution in [3.05, 3.63) is 0 Å². The predicted molar refractivity (Wildman–Crippen MR) is 78.6 cm³/mol.